The standard InChI is InChI=1S/C9H15NO3/c1-2-3-4-8(11)10-5-7(6-10)9(12)13/h7H,2-6H2,1H3,(H,12,13). The Morgan fingerprint density at radius 2 is 2.08 bits per heavy atom. The second kappa shape index (κ2) is 4.25. The van der Waals surface area contributed by atoms with E-state index in [0.29, 0.717) is 19.5 Å². The first kappa shape index (κ1) is 10.0. The molecule has 1 fully saturated rings. The van der Waals surface area contributed by atoms with E-state index in [-0.39, 0.29) is 11.8 Å². The Bertz CT molecular complexity index is 209. The first-order valence-corrected chi connectivity index (χ1v) is 4.65. The Morgan fingerprint density at radius 3 is 2.54 bits per heavy atom. The van der Waals surface area contributed by atoms with Crippen molar-refractivity contribution in [1.29, 1.82) is 0 Å². The largest absolute Gasteiger partial charge is 0.481 e. The van der Waals surface area contributed by atoms with Crippen LogP contribution in [-0.4, -0.2) is 35.0 Å². The molecule has 74 valence electrons. The lowest BCUT2D eigenvalue weighted by Gasteiger charge is -2.36. The highest BCUT2D eigenvalue weighted by Gasteiger charge is 2.34. The molecule has 0 unspecified atom stereocenters. The predicted molar refractivity (Wildman–Crippen MR) is 47.2 cm³/mol. The minimum absolute atomic E-state index is 0.0966. The molecule has 0 aromatic rings. The summed E-state index contributed by atoms with van der Waals surface area (Å²) in [5, 5.41) is 8.57. The van der Waals surface area contributed by atoms with Gasteiger partial charge in [-0.1, -0.05) is 13.3 Å². The van der Waals surface area contributed by atoms with E-state index in [1.54, 1.807) is 4.90 Å². The highest BCUT2D eigenvalue weighted by atomic mass is 16.4. The molecule has 1 rings (SSSR count). The number of aliphatic carboxylic acids is 1. The van der Waals surface area contributed by atoms with Crippen LogP contribution in [0.2, 0.25) is 0 Å². The van der Waals surface area contributed by atoms with Crippen molar-refractivity contribution in [3.63, 3.8) is 0 Å². The SMILES string of the molecule is CCCCC(=O)N1CC(C(=O)O)C1. The molecule has 1 heterocycles. The summed E-state index contributed by atoms with van der Waals surface area (Å²) in [7, 11) is 0. The molecule has 4 heteroatoms. The minimum atomic E-state index is -0.792. The van der Waals surface area contributed by atoms with E-state index < -0.39 is 5.97 Å². The number of amides is 1. The zero-order chi connectivity index (χ0) is 9.84. The number of carboxylic acid groups (broad SMARTS) is 1. The number of rotatable bonds is 4. The van der Waals surface area contributed by atoms with E-state index in [4.69, 9.17) is 5.11 Å². The number of unbranched alkanes of at least 4 members (excludes halogenated alkanes) is 1. The number of carboxylic acids is 1. The average molecular weight is 185 g/mol. The molecule has 0 spiro atoms. The molecule has 0 atom stereocenters. The maximum Gasteiger partial charge on any atom is 0.310 e. The lowest BCUT2D eigenvalue weighted by Crippen LogP contribution is -2.52. The monoisotopic (exact) mass is 185 g/mol. The molecule has 1 N–H and O–H groups in total. The molecule has 13 heavy (non-hydrogen) atoms. The molecule has 1 aliphatic rings. The topological polar surface area (TPSA) is 57.6 Å². The van der Waals surface area contributed by atoms with Crippen LogP contribution in [0.25, 0.3) is 0 Å². The van der Waals surface area contributed by atoms with E-state index in [1.807, 2.05) is 6.92 Å². The van der Waals surface area contributed by atoms with Crippen molar-refractivity contribution in [2.75, 3.05) is 13.1 Å². The predicted octanol–water partition coefficient (Wildman–Crippen LogP) is 0.720. The van der Waals surface area contributed by atoms with Crippen molar-refractivity contribution in [2.24, 2.45) is 5.92 Å². The Kier molecular flexibility index (Phi) is 3.28. The normalized spacial score (nSPS) is 16.8. The Morgan fingerprint density at radius 1 is 1.46 bits per heavy atom. The highest BCUT2D eigenvalue weighted by Crippen LogP contribution is 2.17. The van der Waals surface area contributed by atoms with Gasteiger partial charge in [0.2, 0.25) is 5.91 Å². The Labute approximate surface area is 77.5 Å². The van der Waals surface area contributed by atoms with Crippen LogP contribution in [0.4, 0.5) is 0 Å². The lowest BCUT2D eigenvalue weighted by molar-refractivity contribution is -0.152. The maximum atomic E-state index is 11.3. The summed E-state index contributed by atoms with van der Waals surface area (Å²) in [6.45, 7) is 2.83. The van der Waals surface area contributed by atoms with Gasteiger partial charge >= 0.3 is 5.97 Å². The van der Waals surface area contributed by atoms with Gasteiger partial charge in [0.15, 0.2) is 0 Å². The number of carbonyl (C=O) groups excluding carboxylic acids is 1. The van der Waals surface area contributed by atoms with Crippen molar-refractivity contribution in [1.82, 2.24) is 4.90 Å². The minimum Gasteiger partial charge on any atom is -0.481 e. The van der Waals surface area contributed by atoms with Gasteiger partial charge in [-0.3, -0.25) is 9.59 Å². The molecule has 0 aliphatic carbocycles. The zero-order valence-electron chi connectivity index (χ0n) is 7.82. The van der Waals surface area contributed by atoms with Gasteiger partial charge in [-0.25, -0.2) is 0 Å². The van der Waals surface area contributed by atoms with Crippen LogP contribution in [0.5, 0.6) is 0 Å². The summed E-state index contributed by atoms with van der Waals surface area (Å²) in [5.74, 6) is -1.02. The number of hydrogen-bond donors (Lipinski definition) is 1. The Balaban J connectivity index is 2.19. The van der Waals surface area contributed by atoms with E-state index in [1.165, 1.54) is 0 Å². The third-order valence-corrected chi connectivity index (χ3v) is 2.33. The first-order chi connectivity index (χ1) is 6.15. The molecule has 0 bridgehead atoms. The summed E-state index contributed by atoms with van der Waals surface area (Å²) in [5.41, 5.74) is 0. The zero-order valence-corrected chi connectivity index (χ0v) is 7.82. The Hall–Kier alpha value is -1.06. The molecule has 1 amide bonds. The van der Waals surface area contributed by atoms with Crippen LogP contribution < -0.4 is 0 Å². The van der Waals surface area contributed by atoms with Gasteiger partial charge in [0.1, 0.15) is 0 Å². The van der Waals surface area contributed by atoms with E-state index >= 15 is 0 Å². The van der Waals surface area contributed by atoms with Gasteiger partial charge in [-0.05, 0) is 6.42 Å². The summed E-state index contributed by atoms with van der Waals surface area (Å²) >= 11 is 0. The third-order valence-electron chi connectivity index (χ3n) is 2.33. The van der Waals surface area contributed by atoms with Crippen molar-refractivity contribution >= 4 is 11.9 Å². The molecular formula is C9H15NO3. The fraction of sp³-hybridized carbons (Fsp3) is 0.778. The van der Waals surface area contributed by atoms with Crippen LogP contribution in [0, 0.1) is 5.92 Å². The smallest absolute Gasteiger partial charge is 0.310 e. The van der Waals surface area contributed by atoms with Gasteiger partial charge in [0.05, 0.1) is 5.92 Å². The number of carbonyl (C=O) groups is 2. The molecule has 0 saturated carbocycles. The second-order valence-corrected chi connectivity index (χ2v) is 3.44. The van der Waals surface area contributed by atoms with Crippen molar-refractivity contribution < 1.29 is 14.7 Å². The number of hydrogen-bond acceptors (Lipinski definition) is 2. The lowest BCUT2D eigenvalue weighted by atomic mass is 10.00. The molecule has 0 radical (unpaired) electrons. The van der Waals surface area contributed by atoms with Crippen LogP contribution in [0.3, 0.4) is 0 Å². The number of likely N-dealkylation sites (tertiary alicyclic amines) is 1. The van der Waals surface area contributed by atoms with Gasteiger partial charge < -0.3 is 10.0 Å². The van der Waals surface area contributed by atoms with Crippen molar-refractivity contribution in [3.8, 4) is 0 Å². The molecule has 1 saturated heterocycles. The van der Waals surface area contributed by atoms with Crippen molar-refractivity contribution in [2.45, 2.75) is 26.2 Å². The third kappa shape index (κ3) is 2.44. The number of nitrogens with zero attached hydrogens (tertiary/aromatic N) is 1. The van der Waals surface area contributed by atoms with Gasteiger partial charge in [-0.2, -0.15) is 0 Å². The molecular weight excluding hydrogens is 170 g/mol. The highest BCUT2D eigenvalue weighted by molar-refractivity contribution is 5.80. The maximum absolute atomic E-state index is 11.3. The van der Waals surface area contributed by atoms with Gasteiger partial charge in [0, 0.05) is 19.5 Å². The van der Waals surface area contributed by atoms with Crippen LogP contribution in [0.1, 0.15) is 26.2 Å². The van der Waals surface area contributed by atoms with Crippen LogP contribution >= 0.6 is 0 Å². The van der Waals surface area contributed by atoms with E-state index in [9.17, 15) is 9.59 Å². The van der Waals surface area contributed by atoms with Crippen LogP contribution in [0.15, 0.2) is 0 Å². The van der Waals surface area contributed by atoms with Crippen molar-refractivity contribution in [3.05, 3.63) is 0 Å². The fourth-order valence-electron chi connectivity index (χ4n) is 1.32. The quantitative estimate of drug-likeness (QED) is 0.702. The second-order valence-electron chi connectivity index (χ2n) is 3.44. The average Bonchev–Trinajstić information content (AvgIpc) is 1.97. The molecule has 0 aromatic carbocycles. The van der Waals surface area contributed by atoms with Gasteiger partial charge in [0.25, 0.3) is 0 Å². The summed E-state index contributed by atoms with van der Waals surface area (Å²) < 4.78 is 0. The van der Waals surface area contributed by atoms with E-state index in [0.717, 1.165) is 12.8 Å². The van der Waals surface area contributed by atoms with Gasteiger partial charge in [-0.15, -0.1) is 0 Å². The fourth-order valence-corrected chi connectivity index (χ4v) is 1.32. The molecule has 1 aliphatic heterocycles. The van der Waals surface area contributed by atoms with E-state index in [2.05, 4.69) is 0 Å². The van der Waals surface area contributed by atoms with Crippen LogP contribution in [-0.2, 0) is 9.59 Å². The summed E-state index contributed by atoms with van der Waals surface area (Å²) in [6, 6.07) is 0. The molecule has 0 aromatic heterocycles. The molecule has 4 nitrogen and oxygen atoms in total. The summed E-state index contributed by atoms with van der Waals surface area (Å²) in [6.07, 6.45) is 2.46. The first-order valence-electron chi connectivity index (χ1n) is 4.65. The summed E-state index contributed by atoms with van der Waals surface area (Å²) in [4.78, 5) is 23.3.